The maximum atomic E-state index is 12.5. The molecule has 0 aromatic heterocycles. The molecule has 0 spiro atoms. The van der Waals surface area contributed by atoms with Crippen LogP contribution in [0.3, 0.4) is 0 Å². The Morgan fingerprint density at radius 2 is 2.29 bits per heavy atom. The van der Waals surface area contributed by atoms with Crippen LogP contribution in [-0.2, 0) is 9.53 Å². The highest BCUT2D eigenvalue weighted by atomic mass is 16.5. The molecule has 0 saturated carbocycles. The minimum absolute atomic E-state index is 0.0302. The number of ether oxygens (including phenoxy) is 2. The first kappa shape index (κ1) is 14.2. The summed E-state index contributed by atoms with van der Waals surface area (Å²) in [4.78, 5) is 14.3. The fourth-order valence-corrected chi connectivity index (χ4v) is 2.93. The van der Waals surface area contributed by atoms with Crippen LogP contribution in [0, 0.1) is 5.92 Å². The summed E-state index contributed by atoms with van der Waals surface area (Å²) in [7, 11) is 1.85. The number of benzene rings is 1. The number of fused-ring (bicyclic) bond motifs is 1. The van der Waals surface area contributed by atoms with Gasteiger partial charge in [-0.25, -0.2) is 0 Å². The number of carbonyl (C=O) groups is 1. The molecule has 0 radical (unpaired) electrons. The lowest BCUT2D eigenvalue weighted by atomic mass is 10.0. The van der Waals surface area contributed by atoms with Crippen molar-refractivity contribution < 1.29 is 14.3 Å². The second kappa shape index (κ2) is 6.35. The first-order valence-electron chi connectivity index (χ1n) is 7.56. The van der Waals surface area contributed by atoms with E-state index in [1.54, 1.807) is 4.90 Å². The van der Waals surface area contributed by atoms with Crippen LogP contribution in [0.25, 0.3) is 0 Å². The second-order valence-electron chi connectivity index (χ2n) is 5.79. The van der Waals surface area contributed by atoms with Gasteiger partial charge in [0.15, 0.2) is 6.10 Å². The van der Waals surface area contributed by atoms with Crippen molar-refractivity contribution >= 4 is 11.6 Å². The minimum atomic E-state index is -0.450. The molecule has 1 aromatic carbocycles. The zero-order chi connectivity index (χ0) is 14.7. The minimum Gasteiger partial charge on any atom is -0.477 e. The number of likely N-dealkylation sites (N-methyl/N-ethyl adjacent to an activating group) is 1. The van der Waals surface area contributed by atoms with Gasteiger partial charge in [-0.15, -0.1) is 0 Å². The fourth-order valence-electron chi connectivity index (χ4n) is 2.93. The van der Waals surface area contributed by atoms with Crippen LogP contribution < -0.4 is 10.1 Å². The number of hydrogen-bond acceptors (Lipinski definition) is 4. The highest BCUT2D eigenvalue weighted by Crippen LogP contribution is 2.28. The topological polar surface area (TPSA) is 50.8 Å². The Labute approximate surface area is 125 Å². The van der Waals surface area contributed by atoms with Crippen LogP contribution in [0.15, 0.2) is 24.3 Å². The van der Waals surface area contributed by atoms with Crippen molar-refractivity contribution in [1.29, 1.82) is 0 Å². The molecule has 1 amide bonds. The molecular weight excluding hydrogens is 268 g/mol. The van der Waals surface area contributed by atoms with E-state index < -0.39 is 6.10 Å². The van der Waals surface area contributed by atoms with E-state index in [9.17, 15) is 4.79 Å². The van der Waals surface area contributed by atoms with Crippen LogP contribution in [0.1, 0.15) is 12.8 Å². The van der Waals surface area contributed by atoms with E-state index in [4.69, 9.17) is 9.47 Å². The van der Waals surface area contributed by atoms with Crippen LogP contribution >= 0.6 is 0 Å². The quantitative estimate of drug-likeness (QED) is 0.921. The highest BCUT2D eigenvalue weighted by molar-refractivity contribution is 5.83. The monoisotopic (exact) mass is 290 g/mol. The SMILES string of the molecule is CN(CC1CCCOC1)C(=O)C1CNc2ccccc2O1. The largest absolute Gasteiger partial charge is 0.477 e. The van der Waals surface area contributed by atoms with E-state index in [-0.39, 0.29) is 5.91 Å². The third kappa shape index (κ3) is 3.29. The Hall–Kier alpha value is -1.75. The van der Waals surface area contributed by atoms with E-state index in [0.717, 1.165) is 44.0 Å². The van der Waals surface area contributed by atoms with Crippen molar-refractivity contribution in [2.24, 2.45) is 5.92 Å². The molecule has 1 aromatic rings. The zero-order valence-electron chi connectivity index (χ0n) is 12.4. The lowest BCUT2D eigenvalue weighted by molar-refractivity contribution is -0.138. The van der Waals surface area contributed by atoms with Gasteiger partial charge in [-0.3, -0.25) is 4.79 Å². The summed E-state index contributed by atoms with van der Waals surface area (Å²) < 4.78 is 11.3. The molecule has 2 heterocycles. The van der Waals surface area contributed by atoms with Gasteiger partial charge >= 0.3 is 0 Å². The number of para-hydroxylation sites is 2. The predicted octanol–water partition coefficient (Wildman–Crippen LogP) is 1.74. The normalized spacial score (nSPS) is 24.4. The summed E-state index contributed by atoms with van der Waals surface area (Å²) in [6.07, 6.45) is 1.76. The van der Waals surface area contributed by atoms with Crippen molar-refractivity contribution in [2.75, 3.05) is 38.7 Å². The molecule has 2 aliphatic heterocycles. The molecular formula is C16H22N2O3. The molecule has 5 nitrogen and oxygen atoms in total. The Balaban J connectivity index is 1.58. The van der Waals surface area contributed by atoms with E-state index in [1.165, 1.54) is 0 Å². The van der Waals surface area contributed by atoms with Crippen molar-refractivity contribution in [3.05, 3.63) is 24.3 Å². The first-order chi connectivity index (χ1) is 10.2. The van der Waals surface area contributed by atoms with Crippen molar-refractivity contribution in [2.45, 2.75) is 18.9 Å². The number of amides is 1. The van der Waals surface area contributed by atoms with Crippen LogP contribution in [0.4, 0.5) is 5.69 Å². The summed E-state index contributed by atoms with van der Waals surface area (Å²) in [5.41, 5.74) is 0.949. The van der Waals surface area contributed by atoms with Gasteiger partial charge < -0.3 is 19.7 Å². The van der Waals surface area contributed by atoms with Gasteiger partial charge in [0.05, 0.1) is 18.8 Å². The second-order valence-corrected chi connectivity index (χ2v) is 5.79. The van der Waals surface area contributed by atoms with Gasteiger partial charge in [-0.05, 0) is 30.9 Å². The lowest BCUT2D eigenvalue weighted by Crippen LogP contribution is -2.47. The molecule has 2 unspecified atom stereocenters. The molecule has 114 valence electrons. The zero-order valence-corrected chi connectivity index (χ0v) is 12.4. The average molecular weight is 290 g/mol. The third-order valence-corrected chi connectivity index (χ3v) is 4.07. The number of anilines is 1. The molecule has 3 rings (SSSR count). The summed E-state index contributed by atoms with van der Waals surface area (Å²) in [5, 5.41) is 3.25. The van der Waals surface area contributed by atoms with Crippen molar-refractivity contribution in [3.8, 4) is 5.75 Å². The van der Waals surface area contributed by atoms with E-state index in [0.29, 0.717) is 12.5 Å². The Bertz CT molecular complexity index is 500. The summed E-state index contributed by atoms with van der Waals surface area (Å²) >= 11 is 0. The Morgan fingerprint density at radius 3 is 3.10 bits per heavy atom. The van der Waals surface area contributed by atoms with Gasteiger partial charge in [0.25, 0.3) is 5.91 Å². The van der Waals surface area contributed by atoms with Gasteiger partial charge in [-0.1, -0.05) is 12.1 Å². The number of rotatable bonds is 3. The molecule has 2 atom stereocenters. The molecule has 21 heavy (non-hydrogen) atoms. The van der Waals surface area contributed by atoms with Crippen LogP contribution in [-0.4, -0.2) is 50.3 Å². The third-order valence-electron chi connectivity index (χ3n) is 4.07. The van der Waals surface area contributed by atoms with Gasteiger partial charge in [0, 0.05) is 20.2 Å². The summed E-state index contributed by atoms with van der Waals surface area (Å²) in [6.45, 7) is 2.85. The number of hydrogen-bond donors (Lipinski definition) is 1. The van der Waals surface area contributed by atoms with Crippen LogP contribution in [0.2, 0.25) is 0 Å². The smallest absolute Gasteiger partial charge is 0.265 e. The molecule has 5 heteroatoms. The highest BCUT2D eigenvalue weighted by Gasteiger charge is 2.29. The van der Waals surface area contributed by atoms with E-state index in [2.05, 4.69) is 5.32 Å². The van der Waals surface area contributed by atoms with Gasteiger partial charge in [0.1, 0.15) is 5.75 Å². The Morgan fingerprint density at radius 1 is 1.43 bits per heavy atom. The maximum Gasteiger partial charge on any atom is 0.265 e. The molecule has 1 N–H and O–H groups in total. The van der Waals surface area contributed by atoms with E-state index >= 15 is 0 Å². The molecule has 0 bridgehead atoms. The van der Waals surface area contributed by atoms with Crippen molar-refractivity contribution in [1.82, 2.24) is 4.90 Å². The molecule has 0 aliphatic carbocycles. The first-order valence-corrected chi connectivity index (χ1v) is 7.56. The summed E-state index contributed by atoms with van der Waals surface area (Å²) in [5.74, 6) is 1.22. The maximum absolute atomic E-state index is 12.5. The number of nitrogens with one attached hydrogen (secondary N) is 1. The number of nitrogens with zero attached hydrogens (tertiary/aromatic N) is 1. The molecule has 2 aliphatic rings. The lowest BCUT2D eigenvalue weighted by Gasteiger charge is -2.32. The standard InChI is InChI=1S/C16H22N2O3/c1-18(10-12-5-4-8-20-11-12)16(19)15-9-17-13-6-2-3-7-14(13)21-15/h2-3,6-7,12,15,17H,4-5,8-11H2,1H3. The molecule has 1 fully saturated rings. The average Bonchev–Trinajstić information content (AvgIpc) is 2.54. The van der Waals surface area contributed by atoms with Gasteiger partial charge in [-0.2, -0.15) is 0 Å². The van der Waals surface area contributed by atoms with E-state index in [1.807, 2.05) is 31.3 Å². The van der Waals surface area contributed by atoms with Gasteiger partial charge in [0.2, 0.25) is 0 Å². The fraction of sp³-hybridized carbons (Fsp3) is 0.562. The summed E-state index contributed by atoms with van der Waals surface area (Å²) in [6, 6.07) is 7.71. The molecule has 1 saturated heterocycles. The van der Waals surface area contributed by atoms with Crippen molar-refractivity contribution in [3.63, 3.8) is 0 Å². The Kier molecular flexibility index (Phi) is 4.29. The number of carbonyl (C=O) groups excluding carboxylic acids is 1. The van der Waals surface area contributed by atoms with Crippen LogP contribution in [0.5, 0.6) is 5.75 Å². The predicted molar refractivity (Wildman–Crippen MR) is 80.5 cm³/mol.